The zero-order chi connectivity index (χ0) is 17.6. The van der Waals surface area contributed by atoms with Crippen molar-refractivity contribution in [3.05, 3.63) is 64.2 Å². The van der Waals surface area contributed by atoms with E-state index in [1.807, 2.05) is 0 Å². The topological polar surface area (TPSA) is 38.3 Å². The van der Waals surface area contributed by atoms with Gasteiger partial charge in [0.1, 0.15) is 5.75 Å². The van der Waals surface area contributed by atoms with Crippen molar-refractivity contribution in [1.29, 1.82) is 0 Å². The molecular formula is C21H24ClNO2. The molecule has 0 aliphatic heterocycles. The molecule has 4 heteroatoms. The third kappa shape index (κ3) is 4.76. The fourth-order valence-electron chi connectivity index (χ4n) is 3.31. The van der Waals surface area contributed by atoms with Gasteiger partial charge in [-0.15, -0.1) is 0 Å². The summed E-state index contributed by atoms with van der Waals surface area (Å²) in [6, 6.07) is 13.7. The molecule has 1 amide bonds. The fourth-order valence-corrected chi connectivity index (χ4v) is 3.43. The molecule has 1 aliphatic carbocycles. The van der Waals surface area contributed by atoms with Crippen LogP contribution in [0.5, 0.6) is 5.75 Å². The van der Waals surface area contributed by atoms with E-state index >= 15 is 0 Å². The van der Waals surface area contributed by atoms with E-state index in [1.54, 1.807) is 24.3 Å². The van der Waals surface area contributed by atoms with Gasteiger partial charge in [0.05, 0.1) is 6.04 Å². The van der Waals surface area contributed by atoms with Crippen molar-refractivity contribution in [3.8, 4) is 5.75 Å². The Bertz CT molecular complexity index is 727. The lowest BCUT2D eigenvalue weighted by Crippen LogP contribution is -2.32. The second-order valence-electron chi connectivity index (χ2n) is 6.51. The molecule has 1 aliphatic rings. The van der Waals surface area contributed by atoms with Crippen molar-refractivity contribution >= 4 is 17.5 Å². The minimum atomic E-state index is -0.112. The maximum Gasteiger partial charge on any atom is 0.258 e. The highest BCUT2D eigenvalue weighted by atomic mass is 35.5. The number of hydrogen-bond acceptors (Lipinski definition) is 2. The largest absolute Gasteiger partial charge is 0.484 e. The van der Waals surface area contributed by atoms with E-state index < -0.39 is 0 Å². The Balaban J connectivity index is 1.59. The van der Waals surface area contributed by atoms with E-state index in [4.69, 9.17) is 16.3 Å². The van der Waals surface area contributed by atoms with Crippen LogP contribution in [0.15, 0.2) is 42.5 Å². The summed E-state index contributed by atoms with van der Waals surface area (Å²) in [5, 5.41) is 3.73. The zero-order valence-corrected chi connectivity index (χ0v) is 15.3. The van der Waals surface area contributed by atoms with Crippen molar-refractivity contribution in [1.82, 2.24) is 5.32 Å². The van der Waals surface area contributed by atoms with E-state index in [0.29, 0.717) is 10.8 Å². The van der Waals surface area contributed by atoms with Gasteiger partial charge in [-0.2, -0.15) is 0 Å². The van der Waals surface area contributed by atoms with Gasteiger partial charge in [-0.3, -0.25) is 4.79 Å². The SMILES string of the molecule is CCC(NC(=O)COc1ccc(Cl)cc1)c1ccc2c(c1)CCCC2. The number of halogens is 1. The molecule has 2 aromatic rings. The third-order valence-electron chi connectivity index (χ3n) is 4.70. The molecule has 0 saturated heterocycles. The number of hydrogen-bond donors (Lipinski definition) is 1. The van der Waals surface area contributed by atoms with Crippen LogP contribution in [0.4, 0.5) is 0 Å². The average molecular weight is 358 g/mol. The molecule has 0 saturated carbocycles. The Morgan fingerprint density at radius 3 is 2.56 bits per heavy atom. The molecule has 0 heterocycles. The van der Waals surface area contributed by atoms with Crippen LogP contribution < -0.4 is 10.1 Å². The standard InChI is InChI=1S/C21H24ClNO2/c1-2-20(17-8-7-15-5-3-4-6-16(15)13-17)23-21(24)14-25-19-11-9-18(22)10-12-19/h7-13,20H,2-6,14H2,1H3,(H,23,24). The Kier molecular flexibility index (Phi) is 5.98. The quantitative estimate of drug-likeness (QED) is 0.801. The second kappa shape index (κ2) is 8.39. The van der Waals surface area contributed by atoms with Gasteiger partial charge in [-0.25, -0.2) is 0 Å². The Morgan fingerprint density at radius 2 is 1.84 bits per heavy atom. The number of fused-ring (bicyclic) bond motifs is 1. The normalized spacial score (nSPS) is 14.5. The number of rotatable bonds is 6. The molecule has 1 unspecified atom stereocenters. The highest BCUT2D eigenvalue weighted by Crippen LogP contribution is 2.26. The van der Waals surface area contributed by atoms with Crippen LogP contribution in [0, 0.1) is 0 Å². The Labute approximate surface area is 154 Å². The van der Waals surface area contributed by atoms with Crippen LogP contribution in [0.1, 0.15) is 48.9 Å². The van der Waals surface area contributed by atoms with Gasteiger partial charge in [0.15, 0.2) is 6.61 Å². The van der Waals surface area contributed by atoms with Crippen LogP contribution in [0.2, 0.25) is 5.02 Å². The number of aryl methyl sites for hydroxylation is 2. The predicted octanol–water partition coefficient (Wildman–Crippen LogP) is 4.87. The number of carbonyl (C=O) groups is 1. The van der Waals surface area contributed by atoms with Gasteiger partial charge in [0, 0.05) is 5.02 Å². The van der Waals surface area contributed by atoms with E-state index in [0.717, 1.165) is 12.8 Å². The van der Waals surface area contributed by atoms with E-state index in [2.05, 4.69) is 30.4 Å². The van der Waals surface area contributed by atoms with Crippen molar-refractivity contribution in [3.63, 3.8) is 0 Å². The molecular weight excluding hydrogens is 334 g/mol. The highest BCUT2D eigenvalue weighted by molar-refractivity contribution is 6.30. The van der Waals surface area contributed by atoms with Gasteiger partial charge in [-0.1, -0.05) is 36.7 Å². The van der Waals surface area contributed by atoms with Crippen LogP contribution in [0.25, 0.3) is 0 Å². The second-order valence-corrected chi connectivity index (χ2v) is 6.94. The summed E-state index contributed by atoms with van der Waals surface area (Å²) in [4.78, 5) is 12.3. The molecule has 2 aromatic carbocycles. The molecule has 3 nitrogen and oxygen atoms in total. The van der Waals surface area contributed by atoms with Crippen molar-refractivity contribution in [2.45, 2.75) is 45.1 Å². The van der Waals surface area contributed by atoms with Crippen molar-refractivity contribution < 1.29 is 9.53 Å². The predicted molar refractivity (Wildman–Crippen MR) is 101 cm³/mol. The van der Waals surface area contributed by atoms with Gasteiger partial charge in [0.2, 0.25) is 0 Å². The lowest BCUT2D eigenvalue weighted by molar-refractivity contribution is -0.123. The Morgan fingerprint density at radius 1 is 1.12 bits per heavy atom. The maximum atomic E-state index is 12.3. The summed E-state index contributed by atoms with van der Waals surface area (Å²) in [6.45, 7) is 2.09. The summed E-state index contributed by atoms with van der Waals surface area (Å²) < 4.78 is 5.52. The molecule has 3 rings (SSSR count). The Hall–Kier alpha value is -2.00. The smallest absolute Gasteiger partial charge is 0.258 e. The van der Waals surface area contributed by atoms with Crippen LogP contribution >= 0.6 is 11.6 Å². The van der Waals surface area contributed by atoms with Crippen molar-refractivity contribution in [2.24, 2.45) is 0 Å². The molecule has 1 N–H and O–H groups in total. The fraction of sp³-hybridized carbons (Fsp3) is 0.381. The highest BCUT2D eigenvalue weighted by Gasteiger charge is 2.16. The number of carbonyl (C=O) groups excluding carboxylic acids is 1. The maximum absolute atomic E-state index is 12.3. The first-order valence-corrected chi connectivity index (χ1v) is 9.33. The molecule has 0 spiro atoms. The summed E-state index contributed by atoms with van der Waals surface area (Å²) in [7, 11) is 0. The van der Waals surface area contributed by atoms with E-state index in [-0.39, 0.29) is 18.6 Å². The number of benzene rings is 2. The summed E-state index contributed by atoms with van der Waals surface area (Å²) >= 11 is 5.85. The minimum absolute atomic E-state index is 0.00305. The lowest BCUT2D eigenvalue weighted by atomic mass is 9.89. The number of ether oxygens (including phenoxy) is 1. The van der Waals surface area contributed by atoms with Crippen molar-refractivity contribution in [2.75, 3.05) is 6.61 Å². The average Bonchev–Trinajstić information content (AvgIpc) is 2.65. The summed E-state index contributed by atoms with van der Waals surface area (Å²) in [6.07, 6.45) is 5.71. The van der Waals surface area contributed by atoms with Gasteiger partial charge in [0.25, 0.3) is 5.91 Å². The molecule has 0 radical (unpaired) electrons. The molecule has 0 bridgehead atoms. The monoisotopic (exact) mass is 357 g/mol. The van der Waals surface area contributed by atoms with E-state index in [1.165, 1.54) is 36.0 Å². The van der Waals surface area contributed by atoms with Gasteiger partial charge >= 0.3 is 0 Å². The van der Waals surface area contributed by atoms with Gasteiger partial charge < -0.3 is 10.1 Å². The van der Waals surface area contributed by atoms with Crippen LogP contribution in [0.3, 0.4) is 0 Å². The number of amides is 1. The first-order valence-electron chi connectivity index (χ1n) is 8.95. The van der Waals surface area contributed by atoms with Crippen LogP contribution in [-0.2, 0) is 17.6 Å². The summed E-state index contributed by atoms with van der Waals surface area (Å²) in [5.41, 5.74) is 4.08. The van der Waals surface area contributed by atoms with Gasteiger partial charge in [-0.05, 0) is 73.1 Å². The first kappa shape index (κ1) is 17.8. The molecule has 25 heavy (non-hydrogen) atoms. The van der Waals surface area contributed by atoms with Crippen LogP contribution in [-0.4, -0.2) is 12.5 Å². The zero-order valence-electron chi connectivity index (χ0n) is 14.6. The lowest BCUT2D eigenvalue weighted by Gasteiger charge is -2.21. The molecule has 0 fully saturated rings. The minimum Gasteiger partial charge on any atom is -0.484 e. The van der Waals surface area contributed by atoms with E-state index in [9.17, 15) is 4.79 Å². The summed E-state index contributed by atoms with van der Waals surface area (Å²) in [5.74, 6) is 0.529. The number of nitrogens with one attached hydrogen (secondary N) is 1. The molecule has 1 atom stereocenters. The first-order chi connectivity index (χ1) is 12.2. The third-order valence-corrected chi connectivity index (χ3v) is 4.95. The molecule has 132 valence electrons. The molecule has 0 aromatic heterocycles.